The Morgan fingerprint density at radius 3 is 3.06 bits per heavy atom. The van der Waals surface area contributed by atoms with Crippen LogP contribution in [-0.4, -0.2) is 34.3 Å². The minimum atomic E-state index is -0.930. The lowest BCUT2D eigenvalue weighted by molar-refractivity contribution is 0.127. The molecular weight excluding hydrogens is 238 g/mol. The number of rotatable bonds is 4. The summed E-state index contributed by atoms with van der Waals surface area (Å²) in [6, 6.07) is 5.53. The zero-order valence-electron chi connectivity index (χ0n) is 10.1. The lowest BCUT2D eigenvalue weighted by atomic mass is 10.3. The number of methoxy groups -OCH3 is 1. The molecule has 2 heterocycles. The molecule has 0 bridgehead atoms. The second kappa shape index (κ2) is 5.60. The van der Waals surface area contributed by atoms with Gasteiger partial charge in [0.05, 0.1) is 29.9 Å². The Bertz CT molecular complexity index is 410. The molecule has 0 unspecified atom stereocenters. The summed E-state index contributed by atoms with van der Waals surface area (Å²) in [5, 5.41) is 0.128. The van der Waals surface area contributed by atoms with Crippen LogP contribution in [0.4, 0.5) is 0 Å². The first kappa shape index (κ1) is 12.5. The van der Waals surface area contributed by atoms with E-state index in [1.807, 2.05) is 19.1 Å². The van der Waals surface area contributed by atoms with E-state index in [9.17, 15) is 4.21 Å². The lowest BCUT2D eigenvalue weighted by Crippen LogP contribution is -2.24. The van der Waals surface area contributed by atoms with Crippen LogP contribution in [0.5, 0.6) is 5.88 Å². The van der Waals surface area contributed by atoms with E-state index in [4.69, 9.17) is 9.47 Å². The third-order valence-electron chi connectivity index (χ3n) is 2.92. The normalized spacial score (nSPS) is 25.8. The Morgan fingerprint density at radius 2 is 2.41 bits per heavy atom. The van der Waals surface area contributed by atoms with Crippen molar-refractivity contribution in [3.05, 3.63) is 23.9 Å². The van der Waals surface area contributed by atoms with Gasteiger partial charge in [-0.05, 0) is 19.4 Å². The molecular formula is C12H17NO3S. The van der Waals surface area contributed by atoms with Crippen molar-refractivity contribution in [2.75, 3.05) is 13.7 Å². The molecule has 0 spiro atoms. The van der Waals surface area contributed by atoms with Crippen LogP contribution in [0, 0.1) is 0 Å². The van der Waals surface area contributed by atoms with Gasteiger partial charge in [-0.15, -0.1) is 0 Å². The van der Waals surface area contributed by atoms with Crippen molar-refractivity contribution in [1.29, 1.82) is 0 Å². The molecule has 0 radical (unpaired) electrons. The fourth-order valence-corrected chi connectivity index (χ4v) is 3.49. The minimum Gasteiger partial charge on any atom is -0.481 e. The first-order chi connectivity index (χ1) is 8.20. The van der Waals surface area contributed by atoms with Gasteiger partial charge in [-0.1, -0.05) is 6.07 Å². The van der Waals surface area contributed by atoms with Crippen LogP contribution in [-0.2, 0) is 21.3 Å². The highest BCUT2D eigenvalue weighted by Gasteiger charge is 2.29. The van der Waals surface area contributed by atoms with Crippen molar-refractivity contribution in [2.24, 2.45) is 0 Å². The van der Waals surface area contributed by atoms with Crippen LogP contribution in [0.3, 0.4) is 0 Å². The Kier molecular flexibility index (Phi) is 4.12. The smallest absolute Gasteiger partial charge is 0.213 e. The zero-order valence-corrected chi connectivity index (χ0v) is 10.9. The van der Waals surface area contributed by atoms with E-state index in [-0.39, 0.29) is 11.4 Å². The second-order valence-electron chi connectivity index (χ2n) is 4.10. The Labute approximate surface area is 104 Å². The maximum atomic E-state index is 12.2. The highest BCUT2D eigenvalue weighted by atomic mass is 32.2. The first-order valence-corrected chi connectivity index (χ1v) is 7.07. The van der Waals surface area contributed by atoms with Gasteiger partial charge >= 0.3 is 0 Å². The van der Waals surface area contributed by atoms with Crippen LogP contribution in [0.25, 0.3) is 0 Å². The molecule has 5 heteroatoms. The number of aromatic nitrogens is 1. The van der Waals surface area contributed by atoms with E-state index in [1.165, 1.54) is 0 Å². The van der Waals surface area contributed by atoms with Crippen LogP contribution < -0.4 is 4.74 Å². The van der Waals surface area contributed by atoms with E-state index < -0.39 is 10.8 Å². The average Bonchev–Trinajstić information content (AvgIpc) is 2.76. The summed E-state index contributed by atoms with van der Waals surface area (Å²) >= 11 is 0. The molecule has 2 rings (SSSR count). The topological polar surface area (TPSA) is 48.4 Å². The van der Waals surface area contributed by atoms with E-state index in [0.717, 1.165) is 12.1 Å². The number of ether oxygens (including phenoxy) is 2. The van der Waals surface area contributed by atoms with E-state index in [2.05, 4.69) is 4.98 Å². The molecule has 1 fully saturated rings. The fourth-order valence-electron chi connectivity index (χ4n) is 1.96. The molecule has 0 amide bonds. The van der Waals surface area contributed by atoms with Gasteiger partial charge in [0, 0.05) is 23.5 Å². The molecule has 0 aliphatic carbocycles. The van der Waals surface area contributed by atoms with Gasteiger partial charge < -0.3 is 9.47 Å². The van der Waals surface area contributed by atoms with Crippen LogP contribution in [0.1, 0.15) is 19.0 Å². The van der Waals surface area contributed by atoms with Crippen LogP contribution in [0.15, 0.2) is 18.2 Å². The predicted molar refractivity (Wildman–Crippen MR) is 66.5 cm³/mol. The summed E-state index contributed by atoms with van der Waals surface area (Å²) in [5.74, 6) is 1.03. The Morgan fingerprint density at radius 1 is 1.59 bits per heavy atom. The molecule has 1 aliphatic rings. The van der Waals surface area contributed by atoms with Crippen molar-refractivity contribution < 1.29 is 13.7 Å². The Balaban J connectivity index is 2.02. The lowest BCUT2D eigenvalue weighted by Gasteiger charge is -2.13. The molecule has 1 aromatic rings. The fraction of sp³-hybridized carbons (Fsp3) is 0.583. The summed E-state index contributed by atoms with van der Waals surface area (Å²) in [5.41, 5.74) is 0.807. The van der Waals surface area contributed by atoms with Crippen molar-refractivity contribution in [1.82, 2.24) is 4.98 Å². The third kappa shape index (κ3) is 3.04. The minimum absolute atomic E-state index is 0.0847. The SMILES string of the molecule is COc1cccc(C[S@](=O)[C@H]2CCO[C@@H]2C)n1. The highest BCUT2D eigenvalue weighted by molar-refractivity contribution is 7.84. The number of hydrogen-bond acceptors (Lipinski definition) is 4. The number of hydrogen-bond donors (Lipinski definition) is 0. The van der Waals surface area contributed by atoms with Gasteiger partial charge in [0.1, 0.15) is 0 Å². The van der Waals surface area contributed by atoms with Gasteiger partial charge in [-0.2, -0.15) is 0 Å². The zero-order chi connectivity index (χ0) is 12.3. The molecule has 17 heavy (non-hydrogen) atoms. The van der Waals surface area contributed by atoms with Gasteiger partial charge in [0.2, 0.25) is 5.88 Å². The van der Waals surface area contributed by atoms with Crippen molar-refractivity contribution in [3.8, 4) is 5.88 Å². The van der Waals surface area contributed by atoms with Crippen LogP contribution >= 0.6 is 0 Å². The van der Waals surface area contributed by atoms with Gasteiger partial charge in [-0.25, -0.2) is 4.98 Å². The van der Waals surface area contributed by atoms with E-state index in [0.29, 0.717) is 18.2 Å². The van der Waals surface area contributed by atoms with Crippen molar-refractivity contribution >= 4 is 10.8 Å². The summed E-state index contributed by atoms with van der Waals surface area (Å²) in [4.78, 5) is 4.27. The number of nitrogens with zero attached hydrogens (tertiary/aromatic N) is 1. The first-order valence-electron chi connectivity index (χ1n) is 5.69. The quantitative estimate of drug-likeness (QED) is 0.818. The highest BCUT2D eigenvalue weighted by Crippen LogP contribution is 2.21. The third-order valence-corrected chi connectivity index (χ3v) is 4.80. The summed E-state index contributed by atoms with van der Waals surface area (Å²) in [6.07, 6.45) is 0.957. The molecule has 1 saturated heterocycles. The molecule has 1 aromatic heterocycles. The monoisotopic (exact) mass is 255 g/mol. The predicted octanol–water partition coefficient (Wildman–Crippen LogP) is 1.52. The largest absolute Gasteiger partial charge is 0.481 e. The molecule has 0 aromatic carbocycles. The molecule has 4 nitrogen and oxygen atoms in total. The van der Waals surface area contributed by atoms with Crippen molar-refractivity contribution in [3.63, 3.8) is 0 Å². The molecule has 94 valence electrons. The van der Waals surface area contributed by atoms with Crippen LogP contribution in [0.2, 0.25) is 0 Å². The van der Waals surface area contributed by atoms with E-state index >= 15 is 0 Å². The maximum Gasteiger partial charge on any atom is 0.213 e. The standard InChI is InChI=1S/C12H17NO3S/c1-9-11(6-7-16-9)17(14)8-10-4-3-5-12(13-10)15-2/h3-5,9,11H,6-8H2,1-2H3/t9-,11+,17+/m1/s1. The van der Waals surface area contributed by atoms with Gasteiger partial charge in [-0.3, -0.25) is 4.21 Å². The van der Waals surface area contributed by atoms with Crippen molar-refractivity contribution in [2.45, 2.75) is 30.5 Å². The molecule has 3 atom stereocenters. The van der Waals surface area contributed by atoms with E-state index in [1.54, 1.807) is 13.2 Å². The van der Waals surface area contributed by atoms with Gasteiger partial charge in [0.15, 0.2) is 0 Å². The average molecular weight is 255 g/mol. The molecule has 1 aliphatic heterocycles. The summed E-state index contributed by atoms with van der Waals surface area (Å²) in [7, 11) is 0.650. The summed E-state index contributed by atoms with van der Waals surface area (Å²) in [6.45, 7) is 2.69. The molecule has 0 N–H and O–H groups in total. The Hall–Kier alpha value is -0.940. The second-order valence-corrected chi connectivity index (χ2v) is 5.76. The summed E-state index contributed by atoms with van der Waals surface area (Å²) < 4.78 is 22.7. The van der Waals surface area contributed by atoms with Gasteiger partial charge in [0.25, 0.3) is 0 Å². The maximum absolute atomic E-state index is 12.2. The number of pyridine rings is 1. The molecule has 0 saturated carbocycles.